The number of benzene rings is 1. The molecule has 0 saturated carbocycles. The number of hydrogen-bond acceptors (Lipinski definition) is 8. The summed E-state index contributed by atoms with van der Waals surface area (Å²) in [5, 5.41) is 3.64. The zero-order valence-electron chi connectivity index (χ0n) is 16.1. The molecule has 1 unspecified atom stereocenters. The molecule has 2 aliphatic heterocycles. The first-order valence-electron chi connectivity index (χ1n) is 9.61. The Hall–Kier alpha value is -2.10. The first-order chi connectivity index (χ1) is 13.5. The number of anilines is 4. The third-order valence-corrected chi connectivity index (χ3v) is 6.19. The number of halogens is 1. The van der Waals surface area contributed by atoms with Gasteiger partial charge in [-0.15, -0.1) is 0 Å². The van der Waals surface area contributed by atoms with Crippen molar-refractivity contribution in [3.63, 3.8) is 0 Å². The molecule has 4 rings (SSSR count). The van der Waals surface area contributed by atoms with Crippen molar-refractivity contribution < 1.29 is 0 Å². The van der Waals surface area contributed by atoms with Gasteiger partial charge >= 0.3 is 0 Å². The molecule has 9 heteroatoms. The van der Waals surface area contributed by atoms with E-state index in [9.17, 15) is 0 Å². The number of nitrogens with zero attached hydrogens (tertiary/aromatic N) is 5. The quantitative estimate of drug-likeness (QED) is 0.648. The molecule has 0 aliphatic carbocycles. The van der Waals surface area contributed by atoms with E-state index in [4.69, 9.17) is 11.5 Å². The molecule has 2 saturated heterocycles. The van der Waals surface area contributed by atoms with Crippen LogP contribution in [0.2, 0.25) is 0 Å². The Kier molecular flexibility index (Phi) is 5.56. The molecule has 3 heterocycles. The van der Waals surface area contributed by atoms with Gasteiger partial charge in [-0.2, -0.15) is 9.97 Å². The summed E-state index contributed by atoms with van der Waals surface area (Å²) in [6, 6.07) is 8.64. The fraction of sp³-hybridized carbons (Fsp3) is 0.474. The number of piperazine rings is 2. The summed E-state index contributed by atoms with van der Waals surface area (Å²) in [5.41, 5.74) is 14.2. The van der Waals surface area contributed by atoms with Crippen LogP contribution in [-0.2, 0) is 0 Å². The predicted molar refractivity (Wildman–Crippen MR) is 118 cm³/mol. The van der Waals surface area contributed by atoms with Crippen molar-refractivity contribution in [1.82, 2.24) is 20.2 Å². The molecule has 5 N–H and O–H groups in total. The lowest BCUT2D eigenvalue weighted by Crippen LogP contribution is -2.46. The van der Waals surface area contributed by atoms with Gasteiger partial charge in [-0.25, -0.2) is 0 Å². The fourth-order valence-corrected chi connectivity index (χ4v) is 4.38. The van der Waals surface area contributed by atoms with E-state index in [0.717, 1.165) is 56.1 Å². The zero-order chi connectivity index (χ0) is 19.7. The van der Waals surface area contributed by atoms with Crippen LogP contribution in [0, 0.1) is 0 Å². The summed E-state index contributed by atoms with van der Waals surface area (Å²) in [6.07, 6.45) is 0. The van der Waals surface area contributed by atoms with E-state index in [0.29, 0.717) is 5.82 Å². The molecule has 0 radical (unpaired) electrons. The van der Waals surface area contributed by atoms with Crippen LogP contribution in [0.5, 0.6) is 0 Å². The molecule has 1 aromatic heterocycles. The van der Waals surface area contributed by atoms with Gasteiger partial charge in [0.25, 0.3) is 0 Å². The van der Waals surface area contributed by atoms with E-state index in [1.807, 2.05) is 0 Å². The highest BCUT2D eigenvalue weighted by atomic mass is 79.9. The molecule has 2 fully saturated rings. The maximum Gasteiger partial charge on any atom is 0.223 e. The van der Waals surface area contributed by atoms with Gasteiger partial charge in [0.2, 0.25) is 5.95 Å². The second kappa shape index (κ2) is 8.10. The number of aromatic nitrogens is 2. The molecule has 150 valence electrons. The Morgan fingerprint density at radius 2 is 1.82 bits per heavy atom. The minimum Gasteiger partial charge on any atom is -0.383 e. The molecule has 0 amide bonds. The summed E-state index contributed by atoms with van der Waals surface area (Å²) in [7, 11) is 2.18. The van der Waals surface area contributed by atoms with Crippen molar-refractivity contribution in [2.75, 3.05) is 74.1 Å². The lowest BCUT2D eigenvalue weighted by Gasteiger charge is -2.37. The SMILES string of the molecule is CN1CCN(c2ccc(Br)c(C3CN(c4cc(N)nc(N)n4)CCN3)c2)CC1. The average molecular weight is 447 g/mol. The topological polar surface area (TPSA) is 99.6 Å². The highest BCUT2D eigenvalue weighted by molar-refractivity contribution is 9.10. The van der Waals surface area contributed by atoms with Crippen LogP contribution < -0.4 is 26.6 Å². The van der Waals surface area contributed by atoms with Crippen molar-refractivity contribution in [2.45, 2.75) is 6.04 Å². The van der Waals surface area contributed by atoms with Crippen molar-refractivity contribution in [3.8, 4) is 0 Å². The fourth-order valence-electron chi connectivity index (χ4n) is 3.86. The van der Waals surface area contributed by atoms with Crippen molar-refractivity contribution in [1.29, 1.82) is 0 Å². The molecule has 28 heavy (non-hydrogen) atoms. The first-order valence-corrected chi connectivity index (χ1v) is 10.4. The normalized spacial score (nSPS) is 21.1. The number of nitrogens with two attached hydrogens (primary N) is 2. The molecule has 2 aromatic rings. The molecule has 2 aliphatic rings. The highest BCUT2D eigenvalue weighted by Gasteiger charge is 2.25. The van der Waals surface area contributed by atoms with E-state index in [1.165, 1.54) is 11.3 Å². The van der Waals surface area contributed by atoms with Gasteiger partial charge in [-0.3, -0.25) is 0 Å². The summed E-state index contributed by atoms with van der Waals surface area (Å²) in [5.74, 6) is 1.39. The molecular weight excluding hydrogens is 420 g/mol. The van der Waals surface area contributed by atoms with E-state index >= 15 is 0 Å². The maximum absolute atomic E-state index is 5.86. The third kappa shape index (κ3) is 4.16. The van der Waals surface area contributed by atoms with Crippen LogP contribution in [0.1, 0.15) is 11.6 Å². The van der Waals surface area contributed by atoms with Gasteiger partial charge in [-0.1, -0.05) is 15.9 Å². The van der Waals surface area contributed by atoms with E-state index < -0.39 is 0 Å². The summed E-state index contributed by atoms with van der Waals surface area (Å²) < 4.78 is 1.12. The Morgan fingerprint density at radius 1 is 1.04 bits per heavy atom. The molecule has 1 atom stereocenters. The zero-order valence-corrected chi connectivity index (χ0v) is 17.7. The summed E-state index contributed by atoms with van der Waals surface area (Å²) in [6.45, 7) is 6.81. The Bertz CT molecular complexity index is 816. The van der Waals surface area contributed by atoms with E-state index in [1.54, 1.807) is 6.07 Å². The maximum atomic E-state index is 5.86. The van der Waals surface area contributed by atoms with E-state index in [-0.39, 0.29) is 12.0 Å². The van der Waals surface area contributed by atoms with Crippen LogP contribution >= 0.6 is 15.9 Å². The standard InChI is InChI=1S/C19H27BrN8/c1-26-6-8-27(9-7-26)13-2-3-15(20)14(10-13)16-12-28(5-4-23-16)18-11-17(21)24-19(22)25-18/h2-3,10-11,16,23H,4-9,12H2,1H3,(H4,21,22,24,25). The number of rotatable bonds is 3. The lowest BCUT2D eigenvalue weighted by atomic mass is 10.0. The molecule has 8 nitrogen and oxygen atoms in total. The second-order valence-electron chi connectivity index (χ2n) is 7.46. The molecule has 0 spiro atoms. The second-order valence-corrected chi connectivity index (χ2v) is 8.31. The Labute approximate surface area is 174 Å². The predicted octanol–water partition coefficient (Wildman–Crippen LogP) is 1.31. The van der Waals surface area contributed by atoms with Crippen molar-refractivity contribution in [2.24, 2.45) is 0 Å². The highest BCUT2D eigenvalue weighted by Crippen LogP contribution is 2.31. The van der Waals surface area contributed by atoms with Crippen molar-refractivity contribution in [3.05, 3.63) is 34.3 Å². The largest absolute Gasteiger partial charge is 0.383 e. The average Bonchev–Trinajstić information content (AvgIpc) is 2.68. The Morgan fingerprint density at radius 3 is 2.57 bits per heavy atom. The van der Waals surface area contributed by atoms with Crippen LogP contribution in [-0.4, -0.2) is 67.7 Å². The van der Waals surface area contributed by atoms with Gasteiger partial charge in [-0.05, 0) is 30.8 Å². The summed E-state index contributed by atoms with van der Waals surface area (Å²) >= 11 is 3.75. The molecule has 1 aromatic carbocycles. The van der Waals surface area contributed by atoms with Gasteiger partial charge in [0.1, 0.15) is 11.6 Å². The van der Waals surface area contributed by atoms with Gasteiger partial charge in [0, 0.05) is 62.0 Å². The van der Waals surface area contributed by atoms with Crippen LogP contribution in [0.3, 0.4) is 0 Å². The lowest BCUT2D eigenvalue weighted by molar-refractivity contribution is 0.313. The Balaban J connectivity index is 1.55. The number of nitrogen functional groups attached to an aromatic ring is 2. The first kappa shape index (κ1) is 19.2. The smallest absolute Gasteiger partial charge is 0.223 e. The molecular formula is C19H27BrN8. The van der Waals surface area contributed by atoms with Crippen LogP contribution in [0.15, 0.2) is 28.7 Å². The van der Waals surface area contributed by atoms with Crippen molar-refractivity contribution >= 4 is 39.2 Å². The van der Waals surface area contributed by atoms with Crippen LogP contribution in [0.4, 0.5) is 23.3 Å². The number of likely N-dealkylation sites (N-methyl/N-ethyl adjacent to an activating group) is 1. The minimum absolute atomic E-state index is 0.188. The minimum atomic E-state index is 0.188. The van der Waals surface area contributed by atoms with Gasteiger partial charge < -0.3 is 31.5 Å². The number of hydrogen-bond donors (Lipinski definition) is 3. The van der Waals surface area contributed by atoms with Gasteiger partial charge in [0.05, 0.1) is 6.04 Å². The monoisotopic (exact) mass is 446 g/mol. The third-order valence-electron chi connectivity index (χ3n) is 5.47. The summed E-state index contributed by atoms with van der Waals surface area (Å²) in [4.78, 5) is 15.4. The number of nitrogens with one attached hydrogen (secondary N) is 1. The molecule has 0 bridgehead atoms. The van der Waals surface area contributed by atoms with Gasteiger partial charge in [0.15, 0.2) is 0 Å². The van der Waals surface area contributed by atoms with Crippen LogP contribution in [0.25, 0.3) is 0 Å². The van der Waals surface area contributed by atoms with E-state index in [2.05, 4.69) is 71.2 Å².